The highest BCUT2D eigenvalue weighted by Crippen LogP contribution is 2.18. The van der Waals surface area contributed by atoms with Gasteiger partial charge >= 0.3 is 11.9 Å². The molecule has 0 rings (SSSR count). The van der Waals surface area contributed by atoms with Crippen LogP contribution >= 0.6 is 0 Å². The summed E-state index contributed by atoms with van der Waals surface area (Å²) < 4.78 is 10.7. The Morgan fingerprint density at radius 2 is 0.544 bits per heavy atom. The Labute approximate surface area is 491 Å². The van der Waals surface area contributed by atoms with Crippen molar-refractivity contribution in [2.75, 3.05) is 13.2 Å². The molecule has 0 amide bonds. The van der Waals surface area contributed by atoms with E-state index in [-0.39, 0.29) is 25.2 Å². The van der Waals surface area contributed by atoms with Crippen molar-refractivity contribution in [3.8, 4) is 0 Å². The monoisotopic (exact) mass is 1100 g/mol. The maximum Gasteiger partial charge on any atom is 0.306 e. The van der Waals surface area contributed by atoms with Crippen molar-refractivity contribution in [1.82, 2.24) is 0 Å². The van der Waals surface area contributed by atoms with Crippen LogP contribution in [0, 0.1) is 0 Å². The van der Waals surface area contributed by atoms with Gasteiger partial charge in [0.2, 0.25) is 0 Å². The van der Waals surface area contributed by atoms with Gasteiger partial charge in [0.15, 0.2) is 6.10 Å². The number of esters is 2. The van der Waals surface area contributed by atoms with E-state index in [1.807, 2.05) is 0 Å². The van der Waals surface area contributed by atoms with Crippen LogP contribution in [-0.2, 0) is 19.1 Å². The largest absolute Gasteiger partial charge is 0.462 e. The molecular formula is C74H130O5. The number of ether oxygens (including phenoxy) is 2. The summed E-state index contributed by atoms with van der Waals surface area (Å²) in [5.74, 6) is -0.635. The van der Waals surface area contributed by atoms with E-state index < -0.39 is 6.10 Å². The number of aliphatic hydroxyl groups is 1. The summed E-state index contributed by atoms with van der Waals surface area (Å²) >= 11 is 0. The molecule has 1 unspecified atom stereocenters. The molecule has 0 heterocycles. The maximum atomic E-state index is 12.3. The molecule has 5 heteroatoms. The first-order valence-corrected chi connectivity index (χ1v) is 34.3. The lowest BCUT2D eigenvalue weighted by atomic mass is 10.0. The van der Waals surface area contributed by atoms with E-state index in [1.165, 1.54) is 225 Å². The zero-order valence-electron chi connectivity index (χ0n) is 52.4. The van der Waals surface area contributed by atoms with E-state index in [9.17, 15) is 14.7 Å². The standard InChI is InChI=1S/C74H130O5/c1-3-5-7-9-11-13-15-17-19-21-23-25-27-29-31-32-33-34-35-36-37-38-39-40-41-43-44-46-48-50-52-54-56-58-60-62-64-66-68-73(76)78-71-72(70-75)79-74(77)69-67-65-63-61-59-57-55-53-51-49-47-45-42-30-28-26-24-22-20-18-16-14-12-10-8-6-4-2/h6,8,12,14,18,20,24,26,30,42,47,49,53,55,59,61,72,75H,3-5,7,9-11,13,15-17,19,21-23,25,27-29,31-41,43-46,48,50-52,54,56-58,60,62-71H2,1-2H3/b8-6-,14-12-,20-18-,26-24-,42-30-,49-47-,55-53-,61-59-. The molecule has 0 aromatic rings. The quantitative estimate of drug-likeness (QED) is 0.0373. The van der Waals surface area contributed by atoms with Crippen molar-refractivity contribution in [1.29, 1.82) is 0 Å². The number of unbranched alkanes of at least 4 members (excludes halogenated alkanes) is 39. The van der Waals surface area contributed by atoms with E-state index in [0.717, 1.165) is 89.9 Å². The first-order valence-electron chi connectivity index (χ1n) is 34.3. The molecule has 0 aliphatic carbocycles. The Bertz CT molecular complexity index is 1480. The predicted molar refractivity (Wildman–Crippen MR) is 348 cm³/mol. The maximum absolute atomic E-state index is 12.3. The molecule has 5 nitrogen and oxygen atoms in total. The lowest BCUT2D eigenvalue weighted by molar-refractivity contribution is -0.161. The average Bonchev–Trinajstić information content (AvgIpc) is 3.45. The molecule has 0 aromatic carbocycles. The zero-order valence-corrected chi connectivity index (χ0v) is 52.4. The van der Waals surface area contributed by atoms with Crippen LogP contribution in [0.25, 0.3) is 0 Å². The SMILES string of the molecule is CC/C=C\C/C=C\C/C=C\C/C=C\C/C=C\C/C=C\C/C=C\C/C=C\CCCCC(=O)OC(CO)COC(=O)CCCCCCCCCCCCCCCCCCCCCCCCCCCCCCCCCCCCCCCC. The molecule has 0 aliphatic rings. The fraction of sp³-hybridized carbons (Fsp3) is 0.757. The van der Waals surface area contributed by atoms with Crippen LogP contribution in [0.5, 0.6) is 0 Å². The Balaban J connectivity index is 3.47. The summed E-state index contributed by atoms with van der Waals surface area (Å²) in [4.78, 5) is 24.6. The molecule has 0 bridgehead atoms. The Morgan fingerprint density at radius 3 is 0.823 bits per heavy atom. The van der Waals surface area contributed by atoms with Gasteiger partial charge in [0.05, 0.1) is 6.61 Å². The summed E-state index contributed by atoms with van der Waals surface area (Å²) in [5, 5.41) is 9.68. The van der Waals surface area contributed by atoms with Gasteiger partial charge in [-0.25, -0.2) is 0 Å². The first kappa shape index (κ1) is 75.8. The van der Waals surface area contributed by atoms with Gasteiger partial charge in [-0.05, 0) is 77.0 Å². The fourth-order valence-electron chi connectivity index (χ4n) is 10.0. The first-order chi connectivity index (χ1) is 39.1. The minimum absolute atomic E-state index is 0.0862. The van der Waals surface area contributed by atoms with Crippen LogP contribution in [0.15, 0.2) is 97.2 Å². The third-order valence-corrected chi connectivity index (χ3v) is 15.1. The van der Waals surface area contributed by atoms with Gasteiger partial charge in [0, 0.05) is 12.8 Å². The lowest BCUT2D eigenvalue weighted by Gasteiger charge is -2.15. The second-order valence-electron chi connectivity index (χ2n) is 22.9. The predicted octanol–water partition coefficient (Wildman–Crippen LogP) is 23.8. The van der Waals surface area contributed by atoms with Gasteiger partial charge in [-0.2, -0.15) is 0 Å². The summed E-state index contributed by atoms with van der Waals surface area (Å²) in [7, 11) is 0. The second-order valence-corrected chi connectivity index (χ2v) is 22.9. The second kappa shape index (κ2) is 69.1. The number of hydrogen-bond donors (Lipinski definition) is 1. The molecule has 0 saturated heterocycles. The molecule has 0 saturated carbocycles. The van der Waals surface area contributed by atoms with E-state index in [0.29, 0.717) is 12.8 Å². The van der Waals surface area contributed by atoms with Gasteiger partial charge < -0.3 is 14.6 Å². The van der Waals surface area contributed by atoms with Gasteiger partial charge in [-0.15, -0.1) is 0 Å². The normalized spacial score (nSPS) is 12.8. The molecule has 0 aliphatic heterocycles. The van der Waals surface area contributed by atoms with Crippen LogP contribution in [0.2, 0.25) is 0 Å². The van der Waals surface area contributed by atoms with Crippen LogP contribution in [0.1, 0.15) is 341 Å². The Kier molecular flexibility index (Phi) is 66.3. The van der Waals surface area contributed by atoms with Gasteiger partial charge in [0.25, 0.3) is 0 Å². The number of rotatable bonds is 63. The molecule has 456 valence electrons. The van der Waals surface area contributed by atoms with Gasteiger partial charge in [-0.3, -0.25) is 9.59 Å². The van der Waals surface area contributed by atoms with Crippen LogP contribution in [-0.4, -0.2) is 36.4 Å². The third kappa shape index (κ3) is 67.2. The summed E-state index contributed by atoms with van der Waals surface area (Å²) in [5.41, 5.74) is 0. The molecule has 0 spiro atoms. The van der Waals surface area contributed by atoms with Crippen molar-refractivity contribution in [3.63, 3.8) is 0 Å². The zero-order chi connectivity index (χ0) is 56.9. The van der Waals surface area contributed by atoms with E-state index in [2.05, 4.69) is 111 Å². The number of allylic oxidation sites excluding steroid dienone is 16. The number of hydrogen-bond acceptors (Lipinski definition) is 5. The summed E-state index contributed by atoms with van der Waals surface area (Å²) in [6.45, 7) is 4.03. The minimum atomic E-state index is -0.802. The highest BCUT2D eigenvalue weighted by atomic mass is 16.6. The summed E-state index contributed by atoms with van der Waals surface area (Å²) in [6.07, 6.45) is 98.8. The Hall–Kier alpha value is -3.18. The highest BCUT2D eigenvalue weighted by molar-refractivity contribution is 5.70. The number of carbonyl (C=O) groups excluding carboxylic acids is 2. The van der Waals surface area contributed by atoms with Crippen LogP contribution in [0.3, 0.4) is 0 Å². The molecule has 0 fully saturated rings. The van der Waals surface area contributed by atoms with E-state index in [1.54, 1.807) is 0 Å². The van der Waals surface area contributed by atoms with Crippen molar-refractivity contribution in [2.45, 2.75) is 347 Å². The van der Waals surface area contributed by atoms with Crippen molar-refractivity contribution in [3.05, 3.63) is 97.2 Å². The third-order valence-electron chi connectivity index (χ3n) is 15.1. The fourth-order valence-corrected chi connectivity index (χ4v) is 10.0. The molecule has 0 radical (unpaired) electrons. The van der Waals surface area contributed by atoms with Crippen LogP contribution in [0.4, 0.5) is 0 Å². The van der Waals surface area contributed by atoms with Crippen molar-refractivity contribution in [2.24, 2.45) is 0 Å². The lowest BCUT2D eigenvalue weighted by Crippen LogP contribution is -2.28. The molecular weight excluding hydrogens is 969 g/mol. The molecule has 1 N–H and O–H groups in total. The van der Waals surface area contributed by atoms with Gasteiger partial charge in [0.1, 0.15) is 6.61 Å². The summed E-state index contributed by atoms with van der Waals surface area (Å²) in [6, 6.07) is 0. The van der Waals surface area contributed by atoms with E-state index in [4.69, 9.17) is 9.47 Å². The molecule has 79 heavy (non-hydrogen) atoms. The smallest absolute Gasteiger partial charge is 0.306 e. The van der Waals surface area contributed by atoms with Crippen molar-refractivity contribution < 1.29 is 24.2 Å². The molecule has 1 atom stereocenters. The highest BCUT2D eigenvalue weighted by Gasteiger charge is 2.16. The average molecular weight is 1100 g/mol. The Morgan fingerprint density at radius 1 is 0.304 bits per heavy atom. The number of aliphatic hydroxyl groups excluding tert-OH is 1. The van der Waals surface area contributed by atoms with Gasteiger partial charge in [-0.1, -0.05) is 349 Å². The van der Waals surface area contributed by atoms with Crippen molar-refractivity contribution >= 4 is 11.9 Å². The van der Waals surface area contributed by atoms with Crippen LogP contribution < -0.4 is 0 Å². The minimum Gasteiger partial charge on any atom is -0.462 e. The molecule has 0 aromatic heterocycles. The van der Waals surface area contributed by atoms with E-state index >= 15 is 0 Å². The number of carbonyl (C=O) groups is 2. The topological polar surface area (TPSA) is 72.8 Å².